The van der Waals surface area contributed by atoms with E-state index in [0.29, 0.717) is 23.9 Å². The number of carbonyl (C=O) groups is 1. The molecule has 1 unspecified atom stereocenters. The van der Waals surface area contributed by atoms with E-state index in [-0.39, 0.29) is 23.3 Å². The average molecular weight is 402 g/mol. The molecule has 1 saturated heterocycles. The predicted molar refractivity (Wildman–Crippen MR) is 102 cm³/mol. The molecule has 1 atom stereocenters. The minimum atomic E-state index is -0.522. The fourth-order valence-electron chi connectivity index (χ4n) is 3.30. The number of aromatic nitrogens is 2. The van der Waals surface area contributed by atoms with Crippen LogP contribution in [-0.4, -0.2) is 29.7 Å². The van der Waals surface area contributed by atoms with Crippen LogP contribution < -0.4 is 9.64 Å². The Morgan fingerprint density at radius 2 is 2.11 bits per heavy atom. The largest absolute Gasteiger partial charge is 0.497 e. The lowest BCUT2D eigenvalue weighted by molar-refractivity contribution is -0.117. The highest BCUT2D eigenvalue weighted by Crippen LogP contribution is 2.33. The molecule has 3 aromatic rings. The number of anilines is 1. The van der Waals surface area contributed by atoms with Crippen molar-refractivity contribution >= 4 is 23.2 Å². The summed E-state index contributed by atoms with van der Waals surface area (Å²) in [5.41, 5.74) is 2.30. The van der Waals surface area contributed by atoms with Gasteiger partial charge in [0.25, 0.3) is 5.89 Å². The number of carbonyl (C=O) groups excluding carboxylic acids is 1. The van der Waals surface area contributed by atoms with E-state index < -0.39 is 5.82 Å². The topological polar surface area (TPSA) is 68.5 Å². The van der Waals surface area contributed by atoms with Crippen molar-refractivity contribution in [3.63, 3.8) is 0 Å². The maximum Gasteiger partial charge on any atom is 0.258 e. The molecular formula is C20H17ClFN3O3. The summed E-state index contributed by atoms with van der Waals surface area (Å²) in [6, 6.07) is 9.79. The molecule has 2 heterocycles. The van der Waals surface area contributed by atoms with Gasteiger partial charge >= 0.3 is 0 Å². The Bertz CT molecular complexity index is 1050. The van der Waals surface area contributed by atoms with Gasteiger partial charge in [0.2, 0.25) is 5.91 Å². The van der Waals surface area contributed by atoms with E-state index in [2.05, 4.69) is 10.1 Å². The number of aryl methyl sites for hydroxylation is 1. The smallest absolute Gasteiger partial charge is 0.258 e. The van der Waals surface area contributed by atoms with Gasteiger partial charge in [-0.05, 0) is 48.9 Å². The molecule has 28 heavy (non-hydrogen) atoms. The number of hydrogen-bond donors (Lipinski definition) is 0. The van der Waals surface area contributed by atoms with Crippen LogP contribution in [-0.2, 0) is 4.79 Å². The lowest BCUT2D eigenvalue weighted by atomic mass is 10.1. The van der Waals surface area contributed by atoms with Gasteiger partial charge in [0.1, 0.15) is 11.6 Å². The standard InChI is InChI=1S/C20H17ClFN3O3/c1-11-7-14(27-2)4-5-15(11)20-23-19(24-28-20)12-8-18(26)25(10-12)13-3-6-17(22)16(21)9-13/h3-7,9,12H,8,10H2,1-2H3. The molecule has 0 spiro atoms. The number of nitrogens with zero attached hydrogens (tertiary/aromatic N) is 3. The second-order valence-electron chi connectivity index (χ2n) is 6.64. The molecule has 2 aromatic carbocycles. The summed E-state index contributed by atoms with van der Waals surface area (Å²) >= 11 is 5.84. The molecule has 1 aromatic heterocycles. The maximum atomic E-state index is 13.4. The number of halogens is 2. The zero-order valence-corrected chi connectivity index (χ0v) is 16.0. The van der Waals surface area contributed by atoms with E-state index in [0.717, 1.165) is 16.9 Å². The van der Waals surface area contributed by atoms with Crippen molar-refractivity contribution in [2.45, 2.75) is 19.3 Å². The third-order valence-electron chi connectivity index (χ3n) is 4.81. The normalized spacial score (nSPS) is 16.6. The van der Waals surface area contributed by atoms with Crippen LogP contribution in [0.5, 0.6) is 5.75 Å². The Morgan fingerprint density at radius 3 is 2.82 bits per heavy atom. The summed E-state index contributed by atoms with van der Waals surface area (Å²) in [5, 5.41) is 4.05. The number of hydrogen-bond acceptors (Lipinski definition) is 5. The second-order valence-corrected chi connectivity index (χ2v) is 7.05. The molecule has 1 aliphatic heterocycles. The minimum absolute atomic E-state index is 0.0226. The Morgan fingerprint density at radius 1 is 1.29 bits per heavy atom. The van der Waals surface area contributed by atoms with E-state index in [1.54, 1.807) is 12.0 Å². The number of benzene rings is 2. The quantitative estimate of drug-likeness (QED) is 0.649. The molecule has 1 aliphatic rings. The van der Waals surface area contributed by atoms with E-state index in [1.165, 1.54) is 18.2 Å². The van der Waals surface area contributed by atoms with Crippen molar-refractivity contribution in [2.75, 3.05) is 18.6 Å². The highest BCUT2D eigenvalue weighted by Gasteiger charge is 2.35. The molecular weight excluding hydrogens is 385 g/mol. The van der Waals surface area contributed by atoms with Crippen LogP contribution in [0.4, 0.5) is 10.1 Å². The van der Waals surface area contributed by atoms with E-state index in [1.807, 2.05) is 25.1 Å². The SMILES string of the molecule is COc1ccc(-c2nc(C3CC(=O)N(c4ccc(F)c(Cl)c4)C3)no2)c(C)c1. The maximum absolute atomic E-state index is 13.4. The van der Waals surface area contributed by atoms with Gasteiger partial charge in [-0.25, -0.2) is 4.39 Å². The van der Waals surface area contributed by atoms with Crippen LogP contribution in [0.2, 0.25) is 5.02 Å². The molecule has 144 valence electrons. The average Bonchev–Trinajstić information content (AvgIpc) is 3.31. The third kappa shape index (κ3) is 3.33. The lowest BCUT2D eigenvalue weighted by Gasteiger charge is -2.16. The van der Waals surface area contributed by atoms with Crippen LogP contribution in [0, 0.1) is 12.7 Å². The summed E-state index contributed by atoms with van der Waals surface area (Å²) in [4.78, 5) is 18.5. The van der Waals surface area contributed by atoms with E-state index in [4.69, 9.17) is 20.9 Å². The first-order valence-electron chi connectivity index (χ1n) is 8.70. The zero-order valence-electron chi connectivity index (χ0n) is 15.3. The van der Waals surface area contributed by atoms with E-state index >= 15 is 0 Å². The fraction of sp³-hybridized carbons (Fsp3) is 0.250. The molecule has 4 rings (SSSR count). The van der Waals surface area contributed by atoms with Gasteiger partial charge in [-0.3, -0.25) is 4.79 Å². The van der Waals surface area contributed by atoms with E-state index in [9.17, 15) is 9.18 Å². The molecule has 0 bridgehead atoms. The molecule has 0 aliphatic carbocycles. The first-order chi connectivity index (χ1) is 13.5. The van der Waals surface area contributed by atoms with Crippen molar-refractivity contribution < 1.29 is 18.4 Å². The molecule has 0 N–H and O–H groups in total. The van der Waals surface area contributed by atoms with Crippen LogP contribution >= 0.6 is 11.6 Å². The Labute approximate surface area is 165 Å². The van der Waals surface area contributed by atoms with Crippen molar-refractivity contribution in [1.29, 1.82) is 0 Å². The van der Waals surface area contributed by atoms with Crippen LogP contribution in [0.3, 0.4) is 0 Å². The highest BCUT2D eigenvalue weighted by molar-refractivity contribution is 6.31. The van der Waals surface area contributed by atoms with Gasteiger partial charge in [0.15, 0.2) is 5.82 Å². The molecule has 0 saturated carbocycles. The van der Waals surface area contributed by atoms with Gasteiger partial charge in [0.05, 0.1) is 12.1 Å². The van der Waals surface area contributed by atoms with Crippen molar-refractivity contribution in [1.82, 2.24) is 10.1 Å². The second kappa shape index (κ2) is 7.24. The van der Waals surface area contributed by atoms with Gasteiger partial charge in [0, 0.05) is 30.1 Å². The van der Waals surface area contributed by atoms with Crippen molar-refractivity contribution in [2.24, 2.45) is 0 Å². The minimum Gasteiger partial charge on any atom is -0.497 e. The van der Waals surface area contributed by atoms with Crippen LogP contribution in [0.1, 0.15) is 23.7 Å². The monoisotopic (exact) mass is 401 g/mol. The Kier molecular flexibility index (Phi) is 4.77. The third-order valence-corrected chi connectivity index (χ3v) is 5.10. The van der Waals surface area contributed by atoms with Crippen molar-refractivity contribution in [3.05, 3.63) is 58.6 Å². The number of methoxy groups -OCH3 is 1. The number of rotatable bonds is 4. The van der Waals surface area contributed by atoms with Gasteiger partial charge in [-0.15, -0.1) is 0 Å². The molecule has 8 heteroatoms. The Hall–Kier alpha value is -2.93. The van der Waals surface area contributed by atoms with Gasteiger partial charge < -0.3 is 14.2 Å². The summed E-state index contributed by atoms with van der Waals surface area (Å²) < 4.78 is 24.0. The molecule has 6 nitrogen and oxygen atoms in total. The molecule has 1 amide bonds. The zero-order chi connectivity index (χ0) is 19.8. The summed E-state index contributed by atoms with van der Waals surface area (Å²) in [7, 11) is 1.61. The molecule has 1 fully saturated rings. The summed E-state index contributed by atoms with van der Waals surface area (Å²) in [6.45, 7) is 2.31. The van der Waals surface area contributed by atoms with Crippen LogP contribution in [0.25, 0.3) is 11.5 Å². The number of amides is 1. The van der Waals surface area contributed by atoms with Crippen LogP contribution in [0.15, 0.2) is 40.9 Å². The number of ether oxygens (including phenoxy) is 1. The first-order valence-corrected chi connectivity index (χ1v) is 9.08. The summed E-state index contributed by atoms with van der Waals surface area (Å²) in [6.07, 6.45) is 0.246. The first kappa shape index (κ1) is 18.4. The fourth-order valence-corrected chi connectivity index (χ4v) is 3.47. The summed E-state index contributed by atoms with van der Waals surface area (Å²) in [5.74, 6) is 0.773. The van der Waals surface area contributed by atoms with Gasteiger partial charge in [-0.1, -0.05) is 16.8 Å². The van der Waals surface area contributed by atoms with Gasteiger partial charge in [-0.2, -0.15) is 4.98 Å². The molecule has 0 radical (unpaired) electrons. The Balaban J connectivity index is 1.56. The van der Waals surface area contributed by atoms with Crippen molar-refractivity contribution in [3.8, 4) is 17.2 Å². The lowest BCUT2D eigenvalue weighted by Crippen LogP contribution is -2.24. The predicted octanol–water partition coefficient (Wildman–Crippen LogP) is 4.37. The highest BCUT2D eigenvalue weighted by atomic mass is 35.5.